The van der Waals surface area contributed by atoms with E-state index in [1.54, 1.807) is 21.3 Å². The van der Waals surface area contributed by atoms with Crippen LogP contribution in [0.15, 0.2) is 24.3 Å². The van der Waals surface area contributed by atoms with Crippen molar-refractivity contribution in [3.8, 4) is 17.2 Å². The van der Waals surface area contributed by atoms with Crippen LogP contribution in [0.2, 0.25) is 0 Å². The Kier molecular flexibility index (Phi) is 4.41. The molecule has 0 amide bonds. The highest BCUT2D eigenvalue weighted by Gasteiger charge is 2.22. The summed E-state index contributed by atoms with van der Waals surface area (Å²) in [6, 6.07) is 8.22. The molecule has 0 spiro atoms. The number of hydrogen-bond donors (Lipinski definition) is 0. The van der Waals surface area contributed by atoms with Crippen molar-refractivity contribution in [2.45, 2.75) is 38.0 Å². The van der Waals surface area contributed by atoms with E-state index in [0.717, 1.165) is 28.0 Å². The molecule has 3 heteroatoms. The van der Waals surface area contributed by atoms with Crippen LogP contribution in [0.5, 0.6) is 17.2 Å². The molecule has 3 nitrogen and oxygen atoms in total. The summed E-state index contributed by atoms with van der Waals surface area (Å²) in [5, 5.41) is 2.17. The van der Waals surface area contributed by atoms with Crippen molar-refractivity contribution in [1.29, 1.82) is 0 Å². The molecular formula is C19H24O3. The minimum atomic E-state index is 0.600. The highest BCUT2D eigenvalue weighted by Crippen LogP contribution is 2.45. The van der Waals surface area contributed by atoms with Crippen molar-refractivity contribution in [2.75, 3.05) is 21.3 Å². The Balaban J connectivity index is 2.28. The maximum atomic E-state index is 5.65. The molecule has 2 aromatic carbocycles. The van der Waals surface area contributed by atoms with Crippen LogP contribution in [-0.2, 0) is 0 Å². The largest absolute Gasteiger partial charge is 0.496 e. The van der Waals surface area contributed by atoms with Gasteiger partial charge < -0.3 is 14.2 Å². The van der Waals surface area contributed by atoms with E-state index < -0.39 is 0 Å². The molecule has 0 radical (unpaired) electrons. The zero-order valence-electron chi connectivity index (χ0n) is 13.6. The van der Waals surface area contributed by atoms with Crippen LogP contribution in [-0.4, -0.2) is 21.3 Å². The molecule has 1 aliphatic rings. The second kappa shape index (κ2) is 6.47. The van der Waals surface area contributed by atoms with Crippen molar-refractivity contribution in [1.82, 2.24) is 0 Å². The number of methoxy groups -OCH3 is 3. The molecule has 0 aliphatic heterocycles. The minimum absolute atomic E-state index is 0.600. The molecule has 1 fully saturated rings. The molecule has 2 aromatic rings. The van der Waals surface area contributed by atoms with Gasteiger partial charge in [0.05, 0.1) is 26.7 Å². The molecule has 1 aliphatic carbocycles. The third-order valence-corrected chi connectivity index (χ3v) is 4.78. The molecule has 118 valence electrons. The molecule has 22 heavy (non-hydrogen) atoms. The van der Waals surface area contributed by atoms with E-state index >= 15 is 0 Å². The maximum absolute atomic E-state index is 5.65. The number of benzene rings is 2. The molecule has 0 aromatic heterocycles. The Morgan fingerprint density at radius 1 is 0.682 bits per heavy atom. The van der Waals surface area contributed by atoms with E-state index in [4.69, 9.17) is 14.2 Å². The standard InChI is InChI=1S/C19H24O3/c1-20-15-11-12-17(22-3)19-16(21-2)10-9-14(18(15)19)13-7-5-4-6-8-13/h9-13H,4-8H2,1-3H3. The Morgan fingerprint density at radius 2 is 1.18 bits per heavy atom. The molecule has 1 saturated carbocycles. The fourth-order valence-electron chi connectivity index (χ4n) is 3.69. The second-order valence-corrected chi connectivity index (χ2v) is 5.91. The van der Waals surface area contributed by atoms with Gasteiger partial charge in [-0.05, 0) is 42.5 Å². The van der Waals surface area contributed by atoms with Gasteiger partial charge in [0.25, 0.3) is 0 Å². The third-order valence-electron chi connectivity index (χ3n) is 4.78. The average molecular weight is 300 g/mol. The summed E-state index contributed by atoms with van der Waals surface area (Å²) >= 11 is 0. The van der Waals surface area contributed by atoms with Crippen molar-refractivity contribution < 1.29 is 14.2 Å². The fraction of sp³-hybridized carbons (Fsp3) is 0.474. The number of ether oxygens (including phenoxy) is 3. The normalized spacial score (nSPS) is 15.8. The summed E-state index contributed by atoms with van der Waals surface area (Å²) in [4.78, 5) is 0. The molecule has 0 heterocycles. The molecule has 0 N–H and O–H groups in total. The predicted octanol–water partition coefficient (Wildman–Crippen LogP) is 4.91. The van der Waals surface area contributed by atoms with Crippen molar-refractivity contribution in [3.63, 3.8) is 0 Å². The lowest BCUT2D eigenvalue weighted by Crippen LogP contribution is -2.06. The zero-order valence-corrected chi connectivity index (χ0v) is 13.6. The Labute approximate surface area is 132 Å². The Hall–Kier alpha value is -1.90. The summed E-state index contributed by atoms with van der Waals surface area (Å²) in [7, 11) is 5.13. The third kappa shape index (κ3) is 2.49. The van der Waals surface area contributed by atoms with Crippen molar-refractivity contribution in [2.24, 2.45) is 0 Å². The molecule has 0 saturated heterocycles. The van der Waals surface area contributed by atoms with Gasteiger partial charge in [0.2, 0.25) is 0 Å². The predicted molar refractivity (Wildman–Crippen MR) is 89.4 cm³/mol. The van der Waals surface area contributed by atoms with Gasteiger partial charge in [-0.25, -0.2) is 0 Å². The number of rotatable bonds is 4. The van der Waals surface area contributed by atoms with Crippen LogP contribution in [0.1, 0.15) is 43.6 Å². The lowest BCUT2D eigenvalue weighted by Gasteiger charge is -2.25. The first-order valence-electron chi connectivity index (χ1n) is 8.01. The molecule has 3 rings (SSSR count). The fourth-order valence-corrected chi connectivity index (χ4v) is 3.69. The van der Waals surface area contributed by atoms with Gasteiger partial charge in [0, 0.05) is 5.39 Å². The van der Waals surface area contributed by atoms with E-state index in [2.05, 4.69) is 12.1 Å². The topological polar surface area (TPSA) is 27.7 Å². The van der Waals surface area contributed by atoms with Gasteiger partial charge in [-0.3, -0.25) is 0 Å². The van der Waals surface area contributed by atoms with E-state index in [-0.39, 0.29) is 0 Å². The summed E-state index contributed by atoms with van der Waals surface area (Å²) in [6.45, 7) is 0. The summed E-state index contributed by atoms with van der Waals surface area (Å²) in [6.07, 6.45) is 6.48. The van der Waals surface area contributed by atoms with Gasteiger partial charge in [0.15, 0.2) is 0 Å². The van der Waals surface area contributed by atoms with Crippen LogP contribution in [0.3, 0.4) is 0 Å². The SMILES string of the molecule is COc1ccc(OC)c2c(C3CCCCC3)ccc(OC)c12. The van der Waals surface area contributed by atoms with Gasteiger partial charge in [0.1, 0.15) is 17.2 Å². The van der Waals surface area contributed by atoms with Gasteiger partial charge in [-0.15, -0.1) is 0 Å². The number of fused-ring (bicyclic) bond motifs is 1. The van der Waals surface area contributed by atoms with Gasteiger partial charge >= 0.3 is 0 Å². The summed E-state index contributed by atoms with van der Waals surface area (Å²) in [5.74, 6) is 3.18. The summed E-state index contributed by atoms with van der Waals surface area (Å²) in [5.41, 5.74) is 1.37. The van der Waals surface area contributed by atoms with Crippen LogP contribution in [0, 0.1) is 0 Å². The van der Waals surface area contributed by atoms with Gasteiger partial charge in [-0.2, -0.15) is 0 Å². The zero-order chi connectivity index (χ0) is 15.5. The van der Waals surface area contributed by atoms with Crippen LogP contribution in [0.25, 0.3) is 10.8 Å². The molecular weight excluding hydrogens is 276 g/mol. The maximum Gasteiger partial charge on any atom is 0.130 e. The van der Waals surface area contributed by atoms with E-state index in [1.807, 2.05) is 12.1 Å². The highest BCUT2D eigenvalue weighted by molar-refractivity contribution is 6.00. The van der Waals surface area contributed by atoms with E-state index in [0.29, 0.717) is 5.92 Å². The molecule has 0 unspecified atom stereocenters. The minimum Gasteiger partial charge on any atom is -0.496 e. The van der Waals surface area contributed by atoms with Crippen molar-refractivity contribution in [3.05, 3.63) is 29.8 Å². The van der Waals surface area contributed by atoms with Crippen molar-refractivity contribution >= 4 is 10.8 Å². The molecule has 0 bridgehead atoms. The quantitative estimate of drug-likeness (QED) is 0.802. The Morgan fingerprint density at radius 3 is 1.73 bits per heavy atom. The van der Waals surface area contributed by atoms with Gasteiger partial charge in [-0.1, -0.05) is 25.3 Å². The smallest absolute Gasteiger partial charge is 0.130 e. The van der Waals surface area contributed by atoms with E-state index in [9.17, 15) is 0 Å². The average Bonchev–Trinajstić information content (AvgIpc) is 2.60. The summed E-state index contributed by atoms with van der Waals surface area (Å²) < 4.78 is 16.8. The highest BCUT2D eigenvalue weighted by atomic mass is 16.5. The van der Waals surface area contributed by atoms with Crippen LogP contribution in [0.4, 0.5) is 0 Å². The lowest BCUT2D eigenvalue weighted by atomic mass is 9.81. The first-order valence-corrected chi connectivity index (χ1v) is 8.01. The second-order valence-electron chi connectivity index (χ2n) is 5.91. The lowest BCUT2D eigenvalue weighted by molar-refractivity contribution is 0.398. The monoisotopic (exact) mass is 300 g/mol. The van der Waals surface area contributed by atoms with Crippen LogP contribution < -0.4 is 14.2 Å². The first kappa shape index (κ1) is 15.0. The first-order chi connectivity index (χ1) is 10.8. The molecule has 0 atom stereocenters. The Bertz CT molecular complexity index is 647. The number of hydrogen-bond acceptors (Lipinski definition) is 3. The van der Waals surface area contributed by atoms with E-state index in [1.165, 1.54) is 37.7 Å². The van der Waals surface area contributed by atoms with Crippen LogP contribution >= 0.6 is 0 Å².